The molecule has 0 heterocycles. The van der Waals surface area contributed by atoms with E-state index in [1.807, 2.05) is 6.92 Å². The normalized spacial score (nSPS) is 13.3. The summed E-state index contributed by atoms with van der Waals surface area (Å²) in [6.07, 6.45) is 0.587. The summed E-state index contributed by atoms with van der Waals surface area (Å²) in [7, 11) is 0. The molecule has 0 saturated heterocycles. The van der Waals surface area contributed by atoms with Crippen LogP contribution in [0.15, 0.2) is 18.2 Å². The van der Waals surface area contributed by atoms with Crippen LogP contribution in [0.4, 0.5) is 13.6 Å². The minimum Gasteiger partial charge on any atom is -0.480 e. The number of aliphatic carboxylic acids is 1. The first-order valence-electron chi connectivity index (χ1n) is 6.56. The maximum Gasteiger partial charge on any atom is 0.326 e. The van der Waals surface area contributed by atoms with Crippen molar-refractivity contribution in [3.05, 3.63) is 35.4 Å². The Bertz CT molecular complexity index is 523. The van der Waals surface area contributed by atoms with Gasteiger partial charge in [-0.2, -0.15) is 0 Å². The van der Waals surface area contributed by atoms with Crippen molar-refractivity contribution in [3.8, 4) is 0 Å². The van der Waals surface area contributed by atoms with Crippen LogP contribution in [0.2, 0.25) is 0 Å². The first-order valence-corrected chi connectivity index (χ1v) is 6.56. The van der Waals surface area contributed by atoms with Gasteiger partial charge in [-0.3, -0.25) is 0 Å². The summed E-state index contributed by atoms with van der Waals surface area (Å²) in [5.41, 5.74) is 0.113. The van der Waals surface area contributed by atoms with E-state index in [2.05, 4.69) is 10.6 Å². The third-order valence-electron chi connectivity index (χ3n) is 3.22. The molecule has 0 spiro atoms. The topological polar surface area (TPSA) is 78.4 Å². The highest BCUT2D eigenvalue weighted by Crippen LogP contribution is 2.10. The smallest absolute Gasteiger partial charge is 0.326 e. The molecule has 116 valence electrons. The van der Waals surface area contributed by atoms with Gasteiger partial charge in [-0.05, 0) is 12.0 Å². The van der Waals surface area contributed by atoms with Crippen molar-refractivity contribution in [1.29, 1.82) is 0 Å². The maximum absolute atomic E-state index is 13.4. The summed E-state index contributed by atoms with van der Waals surface area (Å²) in [5, 5.41) is 13.7. The molecule has 0 fully saturated rings. The first-order chi connectivity index (χ1) is 9.85. The fourth-order valence-electron chi connectivity index (χ4n) is 1.72. The van der Waals surface area contributed by atoms with E-state index in [0.717, 1.165) is 6.07 Å². The standard InChI is InChI=1S/C14H18F2N2O3/c1-3-8(2)12(13(19)20)18-14(21)17-7-9-4-5-10(15)6-11(9)16/h4-6,8,12H,3,7H2,1-2H3,(H,19,20)(H2,17,18,21)/t8-,12-/m0/s1. The number of hydrogen-bond donors (Lipinski definition) is 3. The molecular weight excluding hydrogens is 282 g/mol. The minimum atomic E-state index is -1.13. The van der Waals surface area contributed by atoms with Crippen molar-refractivity contribution < 1.29 is 23.5 Å². The average molecular weight is 300 g/mol. The monoisotopic (exact) mass is 300 g/mol. The van der Waals surface area contributed by atoms with Crippen LogP contribution < -0.4 is 10.6 Å². The Morgan fingerprint density at radius 2 is 2.00 bits per heavy atom. The Morgan fingerprint density at radius 1 is 1.33 bits per heavy atom. The molecular formula is C14H18F2N2O3. The van der Waals surface area contributed by atoms with Gasteiger partial charge < -0.3 is 15.7 Å². The number of carboxylic acid groups (broad SMARTS) is 1. The molecule has 1 aromatic rings. The Morgan fingerprint density at radius 3 is 2.52 bits per heavy atom. The molecule has 1 aromatic carbocycles. The van der Waals surface area contributed by atoms with Crippen molar-refractivity contribution in [2.75, 3.05) is 0 Å². The zero-order chi connectivity index (χ0) is 16.0. The Balaban J connectivity index is 2.58. The molecule has 7 heteroatoms. The van der Waals surface area contributed by atoms with Crippen molar-refractivity contribution >= 4 is 12.0 Å². The van der Waals surface area contributed by atoms with Gasteiger partial charge in [0.15, 0.2) is 0 Å². The quantitative estimate of drug-likeness (QED) is 0.754. The molecule has 0 saturated carbocycles. The van der Waals surface area contributed by atoms with Crippen LogP contribution in [0, 0.1) is 17.6 Å². The second kappa shape index (κ2) is 7.56. The zero-order valence-electron chi connectivity index (χ0n) is 11.8. The summed E-state index contributed by atoms with van der Waals surface area (Å²) in [5.74, 6) is -2.85. The van der Waals surface area contributed by atoms with Crippen LogP contribution in [0.3, 0.4) is 0 Å². The highest BCUT2D eigenvalue weighted by atomic mass is 19.1. The fourth-order valence-corrected chi connectivity index (χ4v) is 1.72. The van der Waals surface area contributed by atoms with Crippen LogP contribution in [-0.2, 0) is 11.3 Å². The summed E-state index contributed by atoms with van der Waals surface area (Å²) in [4.78, 5) is 22.7. The molecule has 2 amide bonds. The zero-order valence-corrected chi connectivity index (χ0v) is 11.8. The predicted octanol–water partition coefficient (Wildman–Crippen LogP) is 2.26. The molecule has 3 N–H and O–H groups in total. The number of carbonyl (C=O) groups is 2. The highest BCUT2D eigenvalue weighted by molar-refractivity contribution is 5.82. The first kappa shape index (κ1) is 16.9. The molecule has 1 rings (SSSR count). The molecule has 0 bridgehead atoms. The number of halogens is 2. The van der Waals surface area contributed by atoms with Gasteiger partial charge in [-0.25, -0.2) is 18.4 Å². The van der Waals surface area contributed by atoms with E-state index in [-0.39, 0.29) is 18.0 Å². The van der Waals surface area contributed by atoms with Crippen molar-refractivity contribution in [3.63, 3.8) is 0 Å². The van der Waals surface area contributed by atoms with Crippen LogP contribution in [-0.4, -0.2) is 23.1 Å². The summed E-state index contributed by atoms with van der Waals surface area (Å²) in [6.45, 7) is 3.36. The van der Waals surface area contributed by atoms with Crippen molar-refractivity contribution in [2.45, 2.75) is 32.9 Å². The molecule has 0 aromatic heterocycles. The maximum atomic E-state index is 13.4. The average Bonchev–Trinajstić information content (AvgIpc) is 2.42. The van der Waals surface area contributed by atoms with E-state index in [1.54, 1.807) is 6.92 Å². The van der Waals surface area contributed by atoms with Crippen LogP contribution >= 0.6 is 0 Å². The van der Waals surface area contributed by atoms with E-state index in [9.17, 15) is 18.4 Å². The number of carbonyl (C=O) groups excluding carboxylic acids is 1. The lowest BCUT2D eigenvalue weighted by Gasteiger charge is -2.20. The van der Waals surface area contributed by atoms with Crippen LogP contribution in [0.5, 0.6) is 0 Å². The van der Waals surface area contributed by atoms with Gasteiger partial charge in [0.05, 0.1) is 0 Å². The second-order valence-electron chi connectivity index (χ2n) is 4.76. The predicted molar refractivity (Wildman–Crippen MR) is 72.6 cm³/mol. The molecule has 2 atom stereocenters. The molecule has 0 aliphatic rings. The SMILES string of the molecule is CC[C@H](C)[C@H](NC(=O)NCc1ccc(F)cc1F)C(=O)O. The van der Waals surface area contributed by atoms with Crippen molar-refractivity contribution in [1.82, 2.24) is 10.6 Å². The Hall–Kier alpha value is -2.18. The van der Waals surface area contributed by atoms with Gasteiger partial charge >= 0.3 is 12.0 Å². The highest BCUT2D eigenvalue weighted by Gasteiger charge is 2.25. The lowest BCUT2D eigenvalue weighted by Crippen LogP contribution is -2.48. The summed E-state index contributed by atoms with van der Waals surface area (Å²) in [6, 6.07) is 1.28. The number of nitrogens with one attached hydrogen (secondary N) is 2. The number of rotatable bonds is 6. The number of hydrogen-bond acceptors (Lipinski definition) is 2. The van der Waals surface area contributed by atoms with E-state index < -0.39 is 29.7 Å². The molecule has 0 aliphatic heterocycles. The van der Waals surface area contributed by atoms with Gasteiger partial charge in [0.2, 0.25) is 0 Å². The number of benzene rings is 1. The molecule has 0 radical (unpaired) electrons. The van der Waals surface area contributed by atoms with Gasteiger partial charge in [-0.15, -0.1) is 0 Å². The summed E-state index contributed by atoms with van der Waals surface area (Å²) >= 11 is 0. The van der Waals surface area contributed by atoms with Crippen molar-refractivity contribution in [2.24, 2.45) is 5.92 Å². The molecule has 0 aliphatic carbocycles. The largest absolute Gasteiger partial charge is 0.480 e. The second-order valence-corrected chi connectivity index (χ2v) is 4.76. The third kappa shape index (κ3) is 5.02. The third-order valence-corrected chi connectivity index (χ3v) is 3.22. The van der Waals surface area contributed by atoms with Crippen LogP contribution in [0.1, 0.15) is 25.8 Å². The van der Waals surface area contributed by atoms with E-state index in [0.29, 0.717) is 12.5 Å². The van der Waals surface area contributed by atoms with E-state index >= 15 is 0 Å². The summed E-state index contributed by atoms with van der Waals surface area (Å²) < 4.78 is 26.1. The number of carboxylic acids is 1. The Kier molecular flexibility index (Phi) is 6.08. The van der Waals surface area contributed by atoms with Gasteiger partial charge in [0, 0.05) is 18.2 Å². The number of urea groups is 1. The lowest BCUT2D eigenvalue weighted by molar-refractivity contribution is -0.140. The van der Waals surface area contributed by atoms with Crippen LogP contribution in [0.25, 0.3) is 0 Å². The van der Waals surface area contributed by atoms with E-state index in [4.69, 9.17) is 5.11 Å². The van der Waals surface area contributed by atoms with Gasteiger partial charge in [-0.1, -0.05) is 26.3 Å². The molecule has 5 nitrogen and oxygen atoms in total. The molecule has 0 unspecified atom stereocenters. The van der Waals surface area contributed by atoms with Gasteiger partial charge in [0.25, 0.3) is 0 Å². The Labute approximate surface area is 121 Å². The lowest BCUT2D eigenvalue weighted by atomic mass is 9.99. The minimum absolute atomic E-state index is 0.113. The fraction of sp³-hybridized carbons (Fsp3) is 0.429. The number of amides is 2. The molecule has 21 heavy (non-hydrogen) atoms. The van der Waals surface area contributed by atoms with Gasteiger partial charge in [0.1, 0.15) is 17.7 Å². The van der Waals surface area contributed by atoms with E-state index in [1.165, 1.54) is 6.07 Å².